The summed E-state index contributed by atoms with van der Waals surface area (Å²) < 4.78 is 41.9. The number of hydrogen-bond donors (Lipinski definition) is 0. The lowest BCUT2D eigenvalue weighted by Crippen LogP contribution is -2.40. The van der Waals surface area contributed by atoms with Crippen molar-refractivity contribution in [2.75, 3.05) is 20.1 Å². The number of benzene rings is 2. The maximum atomic E-state index is 13.5. The molecule has 0 saturated carbocycles. The van der Waals surface area contributed by atoms with Crippen LogP contribution in [0.4, 0.5) is 18.0 Å². The molecule has 1 aromatic heterocycles. The molecule has 6 nitrogen and oxygen atoms in total. The van der Waals surface area contributed by atoms with E-state index >= 15 is 0 Å². The van der Waals surface area contributed by atoms with E-state index in [1.54, 1.807) is 30.5 Å². The molecule has 0 radical (unpaired) electrons. The van der Waals surface area contributed by atoms with Gasteiger partial charge in [-0.25, -0.2) is 0 Å². The van der Waals surface area contributed by atoms with Crippen molar-refractivity contribution in [2.24, 2.45) is 0 Å². The molecule has 0 spiro atoms. The Hall–Kier alpha value is -2.82. The van der Waals surface area contributed by atoms with Crippen LogP contribution < -0.4 is 0 Å². The Morgan fingerprint density at radius 1 is 1.20 bits per heavy atom. The van der Waals surface area contributed by atoms with Crippen molar-refractivity contribution in [1.29, 1.82) is 0 Å². The van der Waals surface area contributed by atoms with E-state index in [0.717, 1.165) is 30.8 Å². The molecule has 1 atom stereocenters. The largest absolute Gasteiger partial charge is 0.416 e. The zero-order chi connectivity index (χ0) is 24.9. The number of aromatic nitrogens is 2. The third-order valence-corrected chi connectivity index (χ3v) is 7.34. The fourth-order valence-electron chi connectivity index (χ4n) is 4.50. The van der Waals surface area contributed by atoms with Gasteiger partial charge in [0.05, 0.1) is 34.8 Å². The normalized spacial score (nSPS) is 20.7. The molecule has 2 fully saturated rings. The number of nitrogens with zero attached hydrogens (tertiary/aromatic N) is 4. The van der Waals surface area contributed by atoms with Gasteiger partial charge < -0.3 is 4.90 Å². The smallest absolute Gasteiger partial charge is 0.304 e. The van der Waals surface area contributed by atoms with E-state index in [1.165, 1.54) is 21.7 Å². The average Bonchev–Trinajstić information content (AvgIpc) is 3.46. The van der Waals surface area contributed by atoms with Crippen LogP contribution in [0.15, 0.2) is 47.5 Å². The van der Waals surface area contributed by atoms with Crippen LogP contribution in [0.2, 0.25) is 5.02 Å². The predicted octanol–water partition coefficient (Wildman–Crippen LogP) is 5.50. The van der Waals surface area contributed by atoms with E-state index in [4.69, 9.17) is 11.6 Å². The van der Waals surface area contributed by atoms with Gasteiger partial charge in [-0.05, 0) is 73.2 Å². The molecule has 0 aliphatic carbocycles. The first-order valence-corrected chi connectivity index (χ1v) is 12.1. The maximum Gasteiger partial charge on any atom is 0.416 e. The van der Waals surface area contributed by atoms with Gasteiger partial charge in [0.15, 0.2) is 0 Å². The minimum Gasteiger partial charge on any atom is -0.304 e. The number of hydrogen-bond acceptors (Lipinski definition) is 5. The van der Waals surface area contributed by atoms with Crippen molar-refractivity contribution in [3.05, 3.63) is 69.2 Å². The van der Waals surface area contributed by atoms with Crippen LogP contribution in [0.1, 0.15) is 23.1 Å². The highest BCUT2D eigenvalue weighted by Crippen LogP contribution is 2.36. The SMILES string of the molecule is CN1CC[C@H](N2C(=O)SC(=Cc3ccc4c(cnn4Cc4ccc(Cl)cc4C(F)(F)F)c3)C2=O)C1. The minimum absolute atomic E-state index is 0.0143. The summed E-state index contributed by atoms with van der Waals surface area (Å²) in [4.78, 5) is 29.2. The van der Waals surface area contributed by atoms with E-state index < -0.39 is 11.7 Å². The van der Waals surface area contributed by atoms with Gasteiger partial charge in [0, 0.05) is 17.0 Å². The molecule has 2 aromatic carbocycles. The van der Waals surface area contributed by atoms with Gasteiger partial charge in [0.25, 0.3) is 11.1 Å². The van der Waals surface area contributed by atoms with Crippen LogP contribution in [0, 0.1) is 0 Å². The van der Waals surface area contributed by atoms with E-state index in [1.807, 2.05) is 7.05 Å². The molecule has 3 aromatic rings. The highest BCUT2D eigenvalue weighted by molar-refractivity contribution is 8.18. The Balaban J connectivity index is 1.40. The highest BCUT2D eigenvalue weighted by atomic mass is 35.5. The molecule has 5 rings (SSSR count). The number of fused-ring (bicyclic) bond motifs is 1. The maximum absolute atomic E-state index is 13.5. The Bertz CT molecular complexity index is 1370. The Morgan fingerprint density at radius 2 is 2.00 bits per heavy atom. The molecule has 11 heteroatoms. The molecular weight excluding hydrogens is 501 g/mol. The second-order valence-electron chi connectivity index (χ2n) is 8.68. The molecular formula is C24H20ClF3N4O2S. The first-order valence-electron chi connectivity index (χ1n) is 10.9. The van der Waals surface area contributed by atoms with Crippen LogP contribution in [0.3, 0.4) is 0 Å². The number of thioether (sulfide) groups is 1. The van der Waals surface area contributed by atoms with Crippen molar-refractivity contribution in [1.82, 2.24) is 19.6 Å². The van der Waals surface area contributed by atoms with Crippen molar-refractivity contribution in [3.8, 4) is 0 Å². The van der Waals surface area contributed by atoms with Crippen molar-refractivity contribution in [3.63, 3.8) is 0 Å². The molecule has 0 bridgehead atoms. The van der Waals surface area contributed by atoms with Gasteiger partial charge >= 0.3 is 6.18 Å². The Morgan fingerprint density at radius 3 is 2.71 bits per heavy atom. The van der Waals surface area contributed by atoms with Crippen LogP contribution in [0.5, 0.6) is 0 Å². The summed E-state index contributed by atoms with van der Waals surface area (Å²) in [6.07, 6.45) is -0.541. The second-order valence-corrected chi connectivity index (χ2v) is 10.1. The first-order chi connectivity index (χ1) is 16.6. The van der Waals surface area contributed by atoms with E-state index in [-0.39, 0.29) is 34.3 Å². The lowest BCUT2D eigenvalue weighted by Gasteiger charge is -2.20. The zero-order valence-corrected chi connectivity index (χ0v) is 20.1. The molecule has 2 amide bonds. The summed E-state index contributed by atoms with van der Waals surface area (Å²) in [5, 5.41) is 4.72. The first kappa shape index (κ1) is 23.9. The number of amides is 2. The van der Waals surface area contributed by atoms with Crippen molar-refractivity contribution < 1.29 is 22.8 Å². The van der Waals surface area contributed by atoms with Crippen LogP contribution in [-0.4, -0.2) is 56.9 Å². The molecule has 3 heterocycles. The van der Waals surface area contributed by atoms with Crippen LogP contribution in [0.25, 0.3) is 17.0 Å². The number of carbonyl (C=O) groups excluding carboxylic acids is 2. The van der Waals surface area contributed by atoms with Gasteiger partial charge in [-0.15, -0.1) is 0 Å². The molecule has 0 N–H and O–H groups in total. The monoisotopic (exact) mass is 520 g/mol. The molecule has 0 unspecified atom stereocenters. The quantitative estimate of drug-likeness (QED) is 0.425. The van der Waals surface area contributed by atoms with Crippen LogP contribution in [-0.2, 0) is 17.5 Å². The fourth-order valence-corrected chi connectivity index (χ4v) is 5.57. The Kier molecular flexibility index (Phi) is 6.14. The standard InChI is InChI=1S/C24H20ClF3N4O2S/c1-30-7-6-18(13-30)32-22(33)21(35-23(32)34)9-14-2-5-20-16(8-14)11-29-31(20)12-15-3-4-17(25)10-19(15)24(26,27)28/h2-5,8-11,18H,6-7,12-13H2,1H3/t18-/m0/s1. The number of likely N-dealkylation sites (tertiary alicyclic amines) is 1. The van der Waals surface area contributed by atoms with Gasteiger partial charge in [-0.2, -0.15) is 18.3 Å². The molecule has 182 valence electrons. The number of alkyl halides is 3. The number of likely N-dealkylation sites (N-methyl/N-ethyl adjacent to an activating group) is 1. The third-order valence-electron chi connectivity index (χ3n) is 6.22. The third kappa shape index (κ3) is 4.70. The van der Waals surface area contributed by atoms with Gasteiger partial charge in [-0.3, -0.25) is 19.2 Å². The number of rotatable bonds is 4. The molecule has 2 aliphatic rings. The summed E-state index contributed by atoms with van der Waals surface area (Å²) in [5.74, 6) is -0.293. The summed E-state index contributed by atoms with van der Waals surface area (Å²) in [6, 6.07) is 8.86. The van der Waals surface area contributed by atoms with Gasteiger partial charge in [0.1, 0.15) is 0 Å². The van der Waals surface area contributed by atoms with Crippen molar-refractivity contribution in [2.45, 2.75) is 25.2 Å². The lowest BCUT2D eigenvalue weighted by atomic mass is 10.1. The Labute approximate surface area is 208 Å². The topological polar surface area (TPSA) is 58.4 Å². The zero-order valence-electron chi connectivity index (χ0n) is 18.6. The summed E-state index contributed by atoms with van der Waals surface area (Å²) in [6.45, 7) is 1.43. The summed E-state index contributed by atoms with van der Waals surface area (Å²) >= 11 is 6.70. The average molecular weight is 521 g/mol. The minimum atomic E-state index is -4.53. The fraction of sp³-hybridized carbons (Fsp3) is 0.292. The van der Waals surface area contributed by atoms with E-state index in [0.29, 0.717) is 27.9 Å². The molecule has 2 saturated heterocycles. The van der Waals surface area contributed by atoms with Gasteiger partial charge in [0.2, 0.25) is 0 Å². The molecule has 2 aliphatic heterocycles. The van der Waals surface area contributed by atoms with Crippen molar-refractivity contribution >= 4 is 51.5 Å². The van der Waals surface area contributed by atoms with E-state index in [9.17, 15) is 22.8 Å². The van der Waals surface area contributed by atoms with Gasteiger partial charge in [-0.1, -0.05) is 23.7 Å². The number of carbonyl (C=O) groups is 2. The number of halogens is 4. The summed E-state index contributed by atoms with van der Waals surface area (Å²) in [5.41, 5.74) is 0.609. The highest BCUT2D eigenvalue weighted by Gasteiger charge is 2.41. The summed E-state index contributed by atoms with van der Waals surface area (Å²) in [7, 11) is 1.96. The van der Waals surface area contributed by atoms with Crippen LogP contribution >= 0.6 is 23.4 Å². The second kappa shape index (κ2) is 9.00. The molecule has 35 heavy (non-hydrogen) atoms. The van der Waals surface area contributed by atoms with E-state index in [2.05, 4.69) is 10.00 Å². The predicted molar refractivity (Wildman–Crippen MR) is 129 cm³/mol. The lowest BCUT2D eigenvalue weighted by molar-refractivity contribution is -0.138. The number of imide groups is 1.